The van der Waals surface area contributed by atoms with Crippen molar-refractivity contribution in [1.29, 1.82) is 0 Å². The molecule has 1 atom stereocenters. The fraction of sp³-hybridized carbons (Fsp3) is 0.733. The number of hydrogen-bond donors (Lipinski definition) is 1. The Kier molecular flexibility index (Phi) is 4.81. The Labute approximate surface area is 121 Å². The highest BCUT2D eigenvalue weighted by atomic mass is 16.5. The van der Waals surface area contributed by atoms with E-state index in [4.69, 9.17) is 15.5 Å². The molecule has 1 aromatic rings. The van der Waals surface area contributed by atoms with Gasteiger partial charge in [-0.3, -0.25) is 0 Å². The summed E-state index contributed by atoms with van der Waals surface area (Å²) in [5.74, 6) is 3.30. The summed E-state index contributed by atoms with van der Waals surface area (Å²) in [4.78, 5) is 11.5. The van der Waals surface area contributed by atoms with E-state index in [0.29, 0.717) is 11.7 Å². The first-order valence-corrected chi connectivity index (χ1v) is 7.40. The van der Waals surface area contributed by atoms with E-state index >= 15 is 0 Å². The van der Waals surface area contributed by atoms with Crippen LogP contribution < -0.4 is 10.6 Å². The van der Waals surface area contributed by atoms with Crippen molar-refractivity contribution in [1.82, 2.24) is 9.97 Å². The highest BCUT2D eigenvalue weighted by Crippen LogP contribution is 2.28. The average Bonchev–Trinajstić information content (AvgIpc) is 2.42. The van der Waals surface area contributed by atoms with Crippen LogP contribution in [-0.2, 0) is 4.74 Å². The predicted octanol–water partition coefficient (Wildman–Crippen LogP) is 2.35. The monoisotopic (exact) mass is 278 g/mol. The second-order valence-corrected chi connectivity index (χ2v) is 5.98. The topological polar surface area (TPSA) is 64.3 Å². The van der Waals surface area contributed by atoms with E-state index in [2.05, 4.69) is 23.7 Å². The molecule has 5 heteroatoms. The largest absolute Gasteiger partial charge is 0.384 e. The van der Waals surface area contributed by atoms with Crippen LogP contribution in [0.5, 0.6) is 0 Å². The normalized spacial score (nSPS) is 19.6. The van der Waals surface area contributed by atoms with Gasteiger partial charge in [0.2, 0.25) is 0 Å². The zero-order valence-corrected chi connectivity index (χ0v) is 13.0. The number of nitrogens with zero attached hydrogens (tertiary/aromatic N) is 3. The molecule has 1 saturated heterocycles. The van der Waals surface area contributed by atoms with Gasteiger partial charge in [-0.05, 0) is 25.7 Å². The third-order valence-corrected chi connectivity index (χ3v) is 3.91. The Morgan fingerprint density at radius 1 is 1.40 bits per heavy atom. The first-order valence-electron chi connectivity index (χ1n) is 7.40. The number of aromatic nitrogens is 2. The van der Waals surface area contributed by atoms with Gasteiger partial charge in [-0.25, -0.2) is 9.97 Å². The molecule has 0 aromatic carbocycles. The molecule has 0 radical (unpaired) electrons. The molecular formula is C15H26N4O. The van der Waals surface area contributed by atoms with Crippen molar-refractivity contribution in [3.05, 3.63) is 11.4 Å². The van der Waals surface area contributed by atoms with Gasteiger partial charge in [0.05, 0.1) is 6.61 Å². The summed E-state index contributed by atoms with van der Waals surface area (Å²) >= 11 is 0. The van der Waals surface area contributed by atoms with Gasteiger partial charge in [0.25, 0.3) is 0 Å². The molecule has 0 spiro atoms. The molecule has 0 bridgehead atoms. The summed E-state index contributed by atoms with van der Waals surface area (Å²) < 4.78 is 5.30. The molecule has 1 aromatic heterocycles. The van der Waals surface area contributed by atoms with E-state index < -0.39 is 0 Å². The van der Waals surface area contributed by atoms with Crippen molar-refractivity contribution in [3.63, 3.8) is 0 Å². The minimum atomic E-state index is 0.288. The molecule has 2 rings (SSSR count). The lowest BCUT2D eigenvalue weighted by Gasteiger charge is -2.34. The quantitative estimate of drug-likeness (QED) is 0.916. The molecule has 0 amide bonds. The first-order chi connectivity index (χ1) is 9.52. The van der Waals surface area contributed by atoms with Crippen molar-refractivity contribution in [2.45, 2.75) is 39.5 Å². The minimum absolute atomic E-state index is 0.288. The Balaban J connectivity index is 2.26. The number of hydrogen-bond acceptors (Lipinski definition) is 5. The molecule has 2 heterocycles. The molecule has 0 saturated carbocycles. The summed E-state index contributed by atoms with van der Waals surface area (Å²) in [7, 11) is 1.77. The van der Waals surface area contributed by atoms with E-state index in [-0.39, 0.29) is 5.92 Å². The van der Waals surface area contributed by atoms with Crippen molar-refractivity contribution in [3.8, 4) is 0 Å². The maximum Gasteiger partial charge on any atom is 0.137 e. The maximum atomic E-state index is 6.06. The molecule has 1 aliphatic rings. The molecule has 112 valence electrons. The van der Waals surface area contributed by atoms with Crippen LogP contribution in [0.25, 0.3) is 0 Å². The molecule has 20 heavy (non-hydrogen) atoms. The Bertz CT molecular complexity index is 459. The van der Waals surface area contributed by atoms with Gasteiger partial charge in [-0.15, -0.1) is 0 Å². The lowest BCUT2D eigenvalue weighted by molar-refractivity contribution is 0.143. The molecular weight excluding hydrogens is 252 g/mol. The summed E-state index contributed by atoms with van der Waals surface area (Å²) in [6.45, 7) is 9.04. The number of anilines is 2. The summed E-state index contributed by atoms with van der Waals surface area (Å²) in [5.41, 5.74) is 7.05. The SMILES string of the molecule is COCC1CCCN(c2nc(C(C)C)nc(N)c2C)C1. The zero-order valence-electron chi connectivity index (χ0n) is 13.0. The molecule has 1 fully saturated rings. The van der Waals surface area contributed by atoms with Crippen LogP contribution in [-0.4, -0.2) is 36.8 Å². The van der Waals surface area contributed by atoms with Gasteiger partial charge >= 0.3 is 0 Å². The minimum Gasteiger partial charge on any atom is -0.384 e. The molecule has 0 aliphatic carbocycles. The number of methoxy groups -OCH3 is 1. The van der Waals surface area contributed by atoms with Crippen LogP contribution in [0, 0.1) is 12.8 Å². The highest BCUT2D eigenvalue weighted by Gasteiger charge is 2.23. The van der Waals surface area contributed by atoms with E-state index in [1.54, 1.807) is 7.11 Å². The third kappa shape index (κ3) is 3.20. The summed E-state index contributed by atoms with van der Waals surface area (Å²) in [5, 5.41) is 0. The van der Waals surface area contributed by atoms with Crippen LogP contribution in [0.2, 0.25) is 0 Å². The smallest absolute Gasteiger partial charge is 0.137 e. The maximum absolute atomic E-state index is 6.06. The number of rotatable bonds is 4. The average molecular weight is 278 g/mol. The van der Waals surface area contributed by atoms with Crippen LogP contribution in [0.1, 0.15) is 44.0 Å². The summed E-state index contributed by atoms with van der Waals surface area (Å²) in [6, 6.07) is 0. The third-order valence-electron chi connectivity index (χ3n) is 3.91. The standard InChI is InChI=1S/C15H26N4O/c1-10(2)14-17-13(16)11(3)15(18-14)19-7-5-6-12(8-19)9-20-4/h10,12H,5-9H2,1-4H3,(H2,16,17,18). The van der Waals surface area contributed by atoms with Gasteiger partial charge in [0.1, 0.15) is 17.5 Å². The molecule has 1 unspecified atom stereocenters. The number of ether oxygens (including phenoxy) is 1. The van der Waals surface area contributed by atoms with Crippen molar-refractivity contribution < 1.29 is 4.74 Å². The fourth-order valence-corrected chi connectivity index (χ4v) is 2.73. The van der Waals surface area contributed by atoms with Gasteiger partial charge in [0.15, 0.2) is 0 Å². The molecule has 5 nitrogen and oxygen atoms in total. The van der Waals surface area contributed by atoms with E-state index in [1.807, 2.05) is 6.92 Å². The summed E-state index contributed by atoms with van der Waals surface area (Å²) in [6.07, 6.45) is 2.40. The van der Waals surface area contributed by atoms with Crippen LogP contribution in [0.15, 0.2) is 0 Å². The van der Waals surface area contributed by atoms with E-state index in [1.165, 1.54) is 12.8 Å². The fourth-order valence-electron chi connectivity index (χ4n) is 2.73. The Morgan fingerprint density at radius 2 is 2.15 bits per heavy atom. The number of nitrogen functional groups attached to an aromatic ring is 1. The lowest BCUT2D eigenvalue weighted by atomic mass is 9.98. The second kappa shape index (κ2) is 6.39. The second-order valence-electron chi connectivity index (χ2n) is 5.98. The Hall–Kier alpha value is -1.36. The van der Waals surface area contributed by atoms with Crippen molar-refractivity contribution >= 4 is 11.6 Å². The zero-order chi connectivity index (χ0) is 14.7. The Morgan fingerprint density at radius 3 is 2.80 bits per heavy atom. The first kappa shape index (κ1) is 15.0. The van der Waals surface area contributed by atoms with Crippen LogP contribution in [0.3, 0.4) is 0 Å². The van der Waals surface area contributed by atoms with E-state index in [9.17, 15) is 0 Å². The number of piperidine rings is 1. The number of nitrogens with two attached hydrogens (primary N) is 1. The lowest BCUT2D eigenvalue weighted by Crippen LogP contribution is -2.38. The molecule has 1 aliphatic heterocycles. The predicted molar refractivity (Wildman–Crippen MR) is 82.1 cm³/mol. The van der Waals surface area contributed by atoms with Gasteiger partial charge in [0, 0.05) is 31.7 Å². The van der Waals surface area contributed by atoms with Crippen molar-refractivity contribution in [2.24, 2.45) is 5.92 Å². The van der Waals surface area contributed by atoms with Gasteiger partial charge in [-0.1, -0.05) is 13.8 Å². The highest BCUT2D eigenvalue weighted by molar-refractivity contribution is 5.56. The van der Waals surface area contributed by atoms with E-state index in [0.717, 1.165) is 36.9 Å². The van der Waals surface area contributed by atoms with Gasteiger partial charge in [-0.2, -0.15) is 0 Å². The van der Waals surface area contributed by atoms with Gasteiger partial charge < -0.3 is 15.4 Å². The molecule has 2 N–H and O–H groups in total. The van der Waals surface area contributed by atoms with Crippen molar-refractivity contribution in [2.75, 3.05) is 37.4 Å². The van der Waals surface area contributed by atoms with Crippen LogP contribution in [0.4, 0.5) is 11.6 Å². The van der Waals surface area contributed by atoms with Crippen LogP contribution >= 0.6 is 0 Å².